The molecule has 2 heterocycles. The number of nitrogens with one attached hydrogen (secondary N) is 1. The van der Waals surface area contributed by atoms with Crippen molar-refractivity contribution in [1.82, 2.24) is 14.9 Å². The van der Waals surface area contributed by atoms with Gasteiger partial charge in [-0.15, -0.1) is 6.58 Å². The third kappa shape index (κ3) is 3.88. The monoisotopic (exact) mass is 369 g/mol. The molecule has 26 heavy (non-hydrogen) atoms. The molecule has 0 saturated heterocycles. The number of para-hydroxylation sites is 1. The van der Waals surface area contributed by atoms with Crippen LogP contribution in [0.1, 0.15) is 12.7 Å². The molecule has 1 atom stereocenters. The average Bonchev–Trinajstić information content (AvgIpc) is 3.16. The molecule has 134 valence electrons. The van der Waals surface area contributed by atoms with Gasteiger partial charge in [-0.3, -0.25) is 14.2 Å². The van der Waals surface area contributed by atoms with Crippen molar-refractivity contribution in [3.05, 3.63) is 71.4 Å². The van der Waals surface area contributed by atoms with Crippen LogP contribution in [0.15, 0.2) is 69.7 Å². The molecule has 6 nitrogen and oxygen atoms in total. The van der Waals surface area contributed by atoms with Crippen molar-refractivity contribution in [3.63, 3.8) is 0 Å². The maximum atomic E-state index is 12.7. The number of nitrogens with zero attached hydrogens (tertiary/aromatic N) is 2. The predicted molar refractivity (Wildman–Crippen MR) is 102 cm³/mol. The zero-order valence-corrected chi connectivity index (χ0v) is 15.2. The Morgan fingerprint density at radius 2 is 2.19 bits per heavy atom. The molecule has 0 fully saturated rings. The van der Waals surface area contributed by atoms with E-state index in [4.69, 9.17) is 4.42 Å². The van der Waals surface area contributed by atoms with Crippen molar-refractivity contribution in [2.45, 2.75) is 30.4 Å². The molecule has 0 spiro atoms. The molecule has 7 heteroatoms. The number of aromatic nitrogens is 2. The Kier molecular flexibility index (Phi) is 5.58. The van der Waals surface area contributed by atoms with Crippen molar-refractivity contribution in [2.75, 3.05) is 0 Å². The van der Waals surface area contributed by atoms with Gasteiger partial charge in [0, 0.05) is 6.54 Å². The van der Waals surface area contributed by atoms with E-state index in [2.05, 4.69) is 16.9 Å². The largest absolute Gasteiger partial charge is 0.467 e. The Morgan fingerprint density at radius 1 is 1.38 bits per heavy atom. The molecule has 3 rings (SSSR count). The second kappa shape index (κ2) is 8.05. The number of benzene rings is 1. The van der Waals surface area contributed by atoms with E-state index in [0.717, 1.165) is 0 Å². The van der Waals surface area contributed by atoms with Crippen molar-refractivity contribution in [1.29, 1.82) is 0 Å². The van der Waals surface area contributed by atoms with Gasteiger partial charge in [-0.1, -0.05) is 30.0 Å². The van der Waals surface area contributed by atoms with E-state index in [0.29, 0.717) is 34.9 Å². The van der Waals surface area contributed by atoms with Gasteiger partial charge >= 0.3 is 0 Å². The normalized spacial score (nSPS) is 12.0. The summed E-state index contributed by atoms with van der Waals surface area (Å²) in [7, 11) is 0. The van der Waals surface area contributed by atoms with Gasteiger partial charge in [-0.2, -0.15) is 0 Å². The molecule has 0 unspecified atom stereocenters. The number of carbonyl (C=O) groups excluding carboxylic acids is 1. The number of rotatable bonds is 7. The summed E-state index contributed by atoms with van der Waals surface area (Å²) in [4.78, 5) is 29.6. The summed E-state index contributed by atoms with van der Waals surface area (Å²) in [6.07, 6.45) is 3.20. The molecule has 1 amide bonds. The van der Waals surface area contributed by atoms with Crippen molar-refractivity contribution in [3.8, 4) is 0 Å². The van der Waals surface area contributed by atoms with Crippen LogP contribution >= 0.6 is 11.8 Å². The fourth-order valence-electron chi connectivity index (χ4n) is 2.47. The lowest BCUT2D eigenvalue weighted by Crippen LogP contribution is -2.31. The number of thioether (sulfide) groups is 1. The number of allylic oxidation sites excluding steroid dienone is 1. The van der Waals surface area contributed by atoms with Crippen LogP contribution in [0, 0.1) is 0 Å². The second-order valence-electron chi connectivity index (χ2n) is 5.67. The minimum atomic E-state index is -0.422. The first-order valence-corrected chi connectivity index (χ1v) is 9.05. The van der Waals surface area contributed by atoms with Gasteiger partial charge in [-0.05, 0) is 31.2 Å². The Labute approximate surface area is 154 Å². The van der Waals surface area contributed by atoms with Crippen LogP contribution in [0.5, 0.6) is 0 Å². The zero-order valence-electron chi connectivity index (χ0n) is 14.3. The standard InChI is InChI=1S/C19H19N3O3S/c1-3-10-22-18(24)15-8-4-5-9-16(15)21-19(22)26-13(2)17(23)20-12-14-7-6-11-25-14/h3-9,11,13H,1,10,12H2,2H3,(H,20,23)/t13-/m1/s1. The van der Waals surface area contributed by atoms with Crippen molar-refractivity contribution >= 4 is 28.6 Å². The molecule has 0 aliphatic heterocycles. The fourth-order valence-corrected chi connectivity index (χ4v) is 3.41. The zero-order chi connectivity index (χ0) is 18.5. The van der Waals surface area contributed by atoms with E-state index >= 15 is 0 Å². The highest BCUT2D eigenvalue weighted by atomic mass is 32.2. The van der Waals surface area contributed by atoms with E-state index in [9.17, 15) is 9.59 Å². The molecule has 2 aromatic heterocycles. The third-order valence-electron chi connectivity index (χ3n) is 3.81. The van der Waals surface area contributed by atoms with Gasteiger partial charge < -0.3 is 9.73 Å². The number of hydrogen-bond acceptors (Lipinski definition) is 5. The van der Waals surface area contributed by atoms with Crippen LogP contribution < -0.4 is 10.9 Å². The minimum absolute atomic E-state index is 0.138. The number of amides is 1. The van der Waals surface area contributed by atoms with E-state index in [1.54, 1.807) is 49.6 Å². The van der Waals surface area contributed by atoms with Crippen molar-refractivity contribution in [2.24, 2.45) is 0 Å². The Bertz CT molecular complexity index is 979. The van der Waals surface area contributed by atoms with Crippen LogP contribution in [-0.4, -0.2) is 20.7 Å². The first-order valence-electron chi connectivity index (χ1n) is 8.17. The summed E-state index contributed by atoms with van der Waals surface area (Å²) >= 11 is 1.25. The maximum absolute atomic E-state index is 12.7. The molecular formula is C19H19N3O3S. The topological polar surface area (TPSA) is 77.1 Å². The molecule has 1 aromatic carbocycles. The molecule has 0 aliphatic carbocycles. The number of fused-ring (bicyclic) bond motifs is 1. The minimum Gasteiger partial charge on any atom is -0.467 e. The predicted octanol–water partition coefficient (Wildman–Crippen LogP) is 2.97. The van der Waals surface area contributed by atoms with Crippen LogP contribution in [0.4, 0.5) is 0 Å². The van der Waals surface area contributed by atoms with Gasteiger partial charge in [-0.25, -0.2) is 4.98 Å². The highest BCUT2D eigenvalue weighted by molar-refractivity contribution is 8.00. The Balaban J connectivity index is 1.82. The highest BCUT2D eigenvalue weighted by Gasteiger charge is 2.19. The van der Waals surface area contributed by atoms with Crippen LogP contribution in [0.2, 0.25) is 0 Å². The maximum Gasteiger partial charge on any atom is 0.262 e. The van der Waals surface area contributed by atoms with Crippen LogP contribution in [-0.2, 0) is 17.9 Å². The molecular weight excluding hydrogens is 350 g/mol. The number of furan rings is 1. The smallest absolute Gasteiger partial charge is 0.262 e. The summed E-state index contributed by atoms with van der Waals surface area (Å²) in [6, 6.07) is 10.7. The van der Waals surface area contributed by atoms with E-state index in [-0.39, 0.29) is 11.5 Å². The first kappa shape index (κ1) is 18.0. The lowest BCUT2D eigenvalue weighted by atomic mass is 10.2. The summed E-state index contributed by atoms with van der Waals surface area (Å²) in [5.74, 6) is 0.530. The SMILES string of the molecule is C=CCn1c(S[C@H](C)C(=O)NCc2ccco2)nc2ccccc2c1=O. The quantitative estimate of drug-likeness (QED) is 0.394. The van der Waals surface area contributed by atoms with Crippen molar-refractivity contribution < 1.29 is 9.21 Å². The molecule has 0 aliphatic rings. The van der Waals surface area contributed by atoms with E-state index in [1.807, 2.05) is 6.07 Å². The van der Waals surface area contributed by atoms with Gasteiger partial charge in [0.25, 0.3) is 5.56 Å². The third-order valence-corrected chi connectivity index (χ3v) is 4.90. The van der Waals surface area contributed by atoms with Gasteiger partial charge in [0.15, 0.2) is 5.16 Å². The molecule has 0 saturated carbocycles. The van der Waals surface area contributed by atoms with Crippen LogP contribution in [0.3, 0.4) is 0 Å². The molecule has 3 aromatic rings. The Morgan fingerprint density at radius 3 is 2.92 bits per heavy atom. The molecule has 0 radical (unpaired) electrons. The van der Waals surface area contributed by atoms with Gasteiger partial charge in [0.1, 0.15) is 5.76 Å². The Hall–Kier alpha value is -2.80. The summed E-state index contributed by atoms with van der Waals surface area (Å²) in [5.41, 5.74) is 0.477. The lowest BCUT2D eigenvalue weighted by Gasteiger charge is -2.15. The second-order valence-corrected chi connectivity index (χ2v) is 6.98. The molecule has 1 N–H and O–H groups in total. The highest BCUT2D eigenvalue weighted by Crippen LogP contribution is 2.22. The van der Waals surface area contributed by atoms with E-state index in [1.165, 1.54) is 16.3 Å². The fraction of sp³-hybridized carbons (Fsp3) is 0.211. The van der Waals surface area contributed by atoms with Crippen LogP contribution in [0.25, 0.3) is 10.9 Å². The summed E-state index contributed by atoms with van der Waals surface area (Å²) in [5, 5.41) is 3.44. The summed E-state index contributed by atoms with van der Waals surface area (Å²) in [6.45, 7) is 6.14. The average molecular weight is 369 g/mol. The number of hydrogen-bond donors (Lipinski definition) is 1. The lowest BCUT2D eigenvalue weighted by molar-refractivity contribution is -0.120. The van der Waals surface area contributed by atoms with Gasteiger partial charge in [0.2, 0.25) is 5.91 Å². The number of carbonyl (C=O) groups is 1. The summed E-state index contributed by atoms with van der Waals surface area (Å²) < 4.78 is 6.74. The molecule has 0 bridgehead atoms. The van der Waals surface area contributed by atoms with Gasteiger partial charge in [0.05, 0.1) is 29.0 Å². The first-order chi connectivity index (χ1) is 12.6. The van der Waals surface area contributed by atoms with E-state index < -0.39 is 5.25 Å².